The van der Waals surface area contributed by atoms with E-state index in [4.69, 9.17) is 0 Å². The van der Waals surface area contributed by atoms with Crippen LogP contribution in [-0.4, -0.2) is 10.8 Å². The Labute approximate surface area is 155 Å². The summed E-state index contributed by atoms with van der Waals surface area (Å²) in [5, 5.41) is 0. The number of pyridine rings is 1. The molecule has 0 N–H and O–H groups in total. The second-order valence-corrected chi connectivity index (χ2v) is 5.92. The number of hydrogen-bond donors (Lipinski definition) is 0. The van der Waals surface area contributed by atoms with Gasteiger partial charge in [-0.15, -0.1) is 0 Å². The van der Waals surface area contributed by atoms with E-state index in [-0.39, 0.29) is 22.4 Å². The molecule has 144 valence electrons. The fourth-order valence-corrected chi connectivity index (χ4v) is 2.56. The Balaban J connectivity index is 1.88. The molecule has 0 radical (unpaired) electrons. The monoisotopic (exact) mass is 395 g/mol. The number of ketones is 1. The van der Waals surface area contributed by atoms with E-state index < -0.39 is 29.3 Å². The minimum atomic E-state index is -4.58. The smallest absolute Gasteiger partial charge is 0.289 e. The molecule has 1 heterocycles. The molecule has 0 bridgehead atoms. The van der Waals surface area contributed by atoms with Gasteiger partial charge in [-0.1, -0.05) is 24.3 Å². The maximum atomic E-state index is 12.8. The topological polar surface area (TPSA) is 30.0 Å². The summed E-state index contributed by atoms with van der Waals surface area (Å²) in [6.45, 7) is 0. The first-order chi connectivity index (χ1) is 13.1. The number of benzene rings is 2. The molecule has 3 rings (SSSR count). The molecular formula is C20H11F6NO. The summed E-state index contributed by atoms with van der Waals surface area (Å²) in [7, 11) is 0. The van der Waals surface area contributed by atoms with Crippen LogP contribution in [-0.2, 0) is 12.4 Å². The fraction of sp³-hybridized carbons (Fsp3) is 0.100. The molecule has 2 nitrogen and oxygen atoms in total. The van der Waals surface area contributed by atoms with Crippen LogP contribution in [0.1, 0.15) is 27.0 Å². The van der Waals surface area contributed by atoms with Crippen molar-refractivity contribution >= 4 is 5.78 Å². The van der Waals surface area contributed by atoms with Crippen LogP contribution < -0.4 is 0 Å². The van der Waals surface area contributed by atoms with Crippen molar-refractivity contribution in [3.8, 4) is 11.3 Å². The van der Waals surface area contributed by atoms with Crippen molar-refractivity contribution in [3.63, 3.8) is 0 Å². The largest absolute Gasteiger partial charge is 0.416 e. The highest BCUT2D eigenvalue weighted by molar-refractivity contribution is 6.09. The summed E-state index contributed by atoms with van der Waals surface area (Å²) in [5.74, 6) is -0.672. The van der Waals surface area contributed by atoms with E-state index in [2.05, 4.69) is 4.98 Å². The Morgan fingerprint density at radius 1 is 0.714 bits per heavy atom. The van der Waals surface area contributed by atoms with Crippen molar-refractivity contribution in [2.75, 3.05) is 0 Å². The van der Waals surface area contributed by atoms with Gasteiger partial charge in [-0.05, 0) is 36.4 Å². The third-order valence-electron chi connectivity index (χ3n) is 3.96. The lowest BCUT2D eigenvalue weighted by molar-refractivity contribution is -0.138. The van der Waals surface area contributed by atoms with Crippen molar-refractivity contribution in [2.24, 2.45) is 0 Å². The summed E-state index contributed by atoms with van der Waals surface area (Å²) < 4.78 is 76.8. The number of aromatic nitrogens is 1. The molecule has 28 heavy (non-hydrogen) atoms. The Kier molecular flexibility index (Phi) is 4.97. The molecule has 0 saturated carbocycles. The Hall–Kier alpha value is -3.16. The van der Waals surface area contributed by atoms with Crippen LogP contribution in [0.2, 0.25) is 0 Å². The molecule has 0 spiro atoms. The van der Waals surface area contributed by atoms with Gasteiger partial charge in [0.25, 0.3) is 0 Å². The van der Waals surface area contributed by atoms with Crippen LogP contribution in [0.4, 0.5) is 26.3 Å². The molecule has 0 aliphatic heterocycles. The lowest BCUT2D eigenvalue weighted by atomic mass is 10.0. The highest BCUT2D eigenvalue weighted by Crippen LogP contribution is 2.32. The minimum Gasteiger partial charge on any atom is -0.289 e. The molecule has 8 heteroatoms. The van der Waals surface area contributed by atoms with Gasteiger partial charge in [0.2, 0.25) is 0 Å². The molecule has 1 aromatic heterocycles. The fourth-order valence-electron chi connectivity index (χ4n) is 2.56. The van der Waals surface area contributed by atoms with E-state index in [0.717, 1.165) is 36.5 Å². The highest BCUT2D eigenvalue weighted by atomic mass is 19.4. The summed E-state index contributed by atoms with van der Waals surface area (Å²) in [4.78, 5) is 16.4. The van der Waals surface area contributed by atoms with Crippen LogP contribution in [0.15, 0.2) is 66.9 Å². The number of nitrogens with zero attached hydrogens (tertiary/aromatic N) is 1. The average Bonchev–Trinajstić information content (AvgIpc) is 2.66. The summed E-state index contributed by atoms with van der Waals surface area (Å²) in [5.41, 5.74) is -1.53. The van der Waals surface area contributed by atoms with Gasteiger partial charge in [-0.2, -0.15) is 26.3 Å². The predicted molar refractivity (Wildman–Crippen MR) is 89.6 cm³/mol. The zero-order chi connectivity index (χ0) is 20.5. The number of alkyl halides is 6. The van der Waals surface area contributed by atoms with Gasteiger partial charge < -0.3 is 0 Å². The van der Waals surface area contributed by atoms with Crippen molar-refractivity contribution in [1.82, 2.24) is 4.98 Å². The molecule has 0 amide bonds. The number of carbonyl (C=O) groups excluding carboxylic acids is 1. The summed E-state index contributed by atoms with van der Waals surface area (Å²) in [6.07, 6.45) is -7.96. The van der Waals surface area contributed by atoms with E-state index in [1.54, 1.807) is 0 Å². The van der Waals surface area contributed by atoms with Gasteiger partial charge in [-0.25, -0.2) is 0 Å². The van der Waals surface area contributed by atoms with E-state index in [1.807, 2.05) is 0 Å². The third kappa shape index (κ3) is 4.21. The number of rotatable bonds is 3. The number of halogens is 6. The van der Waals surface area contributed by atoms with Crippen LogP contribution in [0.5, 0.6) is 0 Å². The Bertz CT molecular complexity index is 1010. The van der Waals surface area contributed by atoms with E-state index in [1.165, 1.54) is 30.3 Å². The molecule has 0 saturated heterocycles. The minimum absolute atomic E-state index is 0.0232. The molecule has 3 aromatic rings. The lowest BCUT2D eigenvalue weighted by Gasteiger charge is -2.09. The van der Waals surface area contributed by atoms with Crippen LogP contribution in [0, 0.1) is 0 Å². The maximum absolute atomic E-state index is 12.8. The first-order valence-corrected chi connectivity index (χ1v) is 7.91. The second kappa shape index (κ2) is 7.10. The second-order valence-electron chi connectivity index (χ2n) is 5.92. The van der Waals surface area contributed by atoms with Gasteiger partial charge in [0.1, 0.15) is 0 Å². The van der Waals surface area contributed by atoms with Crippen molar-refractivity contribution in [1.29, 1.82) is 0 Å². The predicted octanol–water partition coefficient (Wildman–Crippen LogP) is 6.02. The van der Waals surface area contributed by atoms with Crippen LogP contribution >= 0.6 is 0 Å². The van der Waals surface area contributed by atoms with E-state index in [0.29, 0.717) is 0 Å². The zero-order valence-electron chi connectivity index (χ0n) is 14.0. The normalized spacial score (nSPS) is 12.1. The summed E-state index contributed by atoms with van der Waals surface area (Å²) >= 11 is 0. The molecule has 0 aliphatic rings. The van der Waals surface area contributed by atoms with Gasteiger partial charge in [0, 0.05) is 22.9 Å². The van der Waals surface area contributed by atoms with Gasteiger partial charge in [0.15, 0.2) is 5.78 Å². The number of carbonyl (C=O) groups is 1. The van der Waals surface area contributed by atoms with Crippen molar-refractivity contribution < 1.29 is 31.1 Å². The molecule has 0 aliphatic carbocycles. The van der Waals surface area contributed by atoms with Gasteiger partial charge in [-0.3, -0.25) is 9.78 Å². The van der Waals surface area contributed by atoms with Crippen molar-refractivity contribution in [2.45, 2.75) is 12.4 Å². The zero-order valence-corrected chi connectivity index (χ0v) is 14.0. The van der Waals surface area contributed by atoms with E-state index >= 15 is 0 Å². The van der Waals surface area contributed by atoms with E-state index in [9.17, 15) is 31.1 Å². The first kappa shape index (κ1) is 19.6. The average molecular weight is 395 g/mol. The van der Waals surface area contributed by atoms with Crippen LogP contribution in [0.25, 0.3) is 11.3 Å². The Morgan fingerprint density at radius 3 is 1.89 bits per heavy atom. The molecule has 0 atom stereocenters. The van der Waals surface area contributed by atoms with Crippen LogP contribution in [0.3, 0.4) is 0 Å². The third-order valence-corrected chi connectivity index (χ3v) is 3.96. The standard InChI is InChI=1S/C20H11F6NO/c21-19(22,23)15-5-1-3-12(9-15)17-8-7-14(11-27-17)18(28)13-4-2-6-16(10-13)20(24,25)26/h1-11H. The highest BCUT2D eigenvalue weighted by Gasteiger charge is 2.31. The molecule has 2 aromatic carbocycles. The lowest BCUT2D eigenvalue weighted by Crippen LogP contribution is -2.08. The van der Waals surface area contributed by atoms with Crippen molar-refractivity contribution in [3.05, 3.63) is 89.1 Å². The quantitative estimate of drug-likeness (QED) is 0.401. The molecule has 0 fully saturated rings. The number of hydrogen-bond acceptors (Lipinski definition) is 2. The Morgan fingerprint density at radius 2 is 1.32 bits per heavy atom. The summed E-state index contributed by atoms with van der Waals surface area (Å²) in [6, 6.07) is 11.1. The van der Waals surface area contributed by atoms with Gasteiger partial charge in [0.05, 0.1) is 16.8 Å². The SMILES string of the molecule is O=C(c1ccc(-c2cccc(C(F)(F)F)c2)nc1)c1cccc(C(F)(F)F)c1. The molecule has 0 unspecified atom stereocenters. The molecular weight excluding hydrogens is 384 g/mol. The first-order valence-electron chi connectivity index (χ1n) is 7.91. The van der Waals surface area contributed by atoms with Gasteiger partial charge >= 0.3 is 12.4 Å². The maximum Gasteiger partial charge on any atom is 0.416 e.